The quantitative estimate of drug-likeness (QED) is 0.797. The average Bonchev–Trinajstić information content (AvgIpc) is 3.06. The summed E-state index contributed by atoms with van der Waals surface area (Å²) in [5.74, 6) is 0.763. The number of aliphatic hydroxyl groups is 1. The molecule has 1 fully saturated rings. The summed E-state index contributed by atoms with van der Waals surface area (Å²) in [5, 5.41) is 12.4. The third-order valence-electron chi connectivity index (χ3n) is 5.19. The summed E-state index contributed by atoms with van der Waals surface area (Å²) in [6.45, 7) is 5.22. The summed E-state index contributed by atoms with van der Waals surface area (Å²) < 4.78 is 11.1. The zero-order valence-corrected chi connectivity index (χ0v) is 15.2. The number of hydrogen-bond acceptors (Lipinski definition) is 5. The van der Waals surface area contributed by atoms with Crippen molar-refractivity contribution in [2.45, 2.75) is 32.7 Å². The van der Waals surface area contributed by atoms with Crippen LogP contribution in [0, 0.1) is 11.8 Å². The molecule has 1 saturated heterocycles. The van der Waals surface area contributed by atoms with Crippen LogP contribution in [0.2, 0.25) is 0 Å². The van der Waals surface area contributed by atoms with Crippen LogP contribution in [0.25, 0.3) is 0 Å². The molecular formula is C19H26N2O5. The van der Waals surface area contributed by atoms with Crippen LogP contribution in [-0.4, -0.2) is 49.3 Å². The van der Waals surface area contributed by atoms with Gasteiger partial charge in [-0.05, 0) is 18.1 Å². The van der Waals surface area contributed by atoms with Crippen LogP contribution in [-0.2, 0) is 9.59 Å². The molecule has 3 rings (SSSR count). The monoisotopic (exact) mass is 362 g/mol. The first-order valence-electron chi connectivity index (χ1n) is 9.14. The maximum absolute atomic E-state index is 12.5. The molecule has 2 aliphatic heterocycles. The van der Waals surface area contributed by atoms with Gasteiger partial charge in [-0.3, -0.25) is 9.59 Å². The summed E-state index contributed by atoms with van der Waals surface area (Å²) in [6.07, 6.45) is 1.03. The average molecular weight is 362 g/mol. The molecule has 3 atom stereocenters. The molecule has 0 bridgehead atoms. The van der Waals surface area contributed by atoms with Gasteiger partial charge in [0.1, 0.15) is 13.2 Å². The largest absolute Gasteiger partial charge is 0.486 e. The fourth-order valence-corrected chi connectivity index (χ4v) is 3.29. The molecule has 2 amide bonds. The summed E-state index contributed by atoms with van der Waals surface area (Å²) in [4.78, 5) is 26.6. The van der Waals surface area contributed by atoms with Crippen molar-refractivity contribution in [1.82, 2.24) is 5.32 Å². The Bertz CT molecular complexity index is 678. The highest BCUT2D eigenvalue weighted by Gasteiger charge is 2.36. The fourth-order valence-electron chi connectivity index (χ4n) is 3.29. The number of hydrogen-bond donors (Lipinski definition) is 2. The predicted molar refractivity (Wildman–Crippen MR) is 96.4 cm³/mol. The molecule has 0 unspecified atom stereocenters. The molecule has 7 nitrogen and oxygen atoms in total. The van der Waals surface area contributed by atoms with Crippen molar-refractivity contribution in [3.8, 4) is 11.5 Å². The van der Waals surface area contributed by atoms with Gasteiger partial charge >= 0.3 is 0 Å². The Hall–Kier alpha value is -2.28. The molecule has 7 heteroatoms. The van der Waals surface area contributed by atoms with E-state index in [4.69, 9.17) is 9.47 Å². The first-order valence-corrected chi connectivity index (χ1v) is 9.14. The van der Waals surface area contributed by atoms with Gasteiger partial charge in [0.25, 0.3) is 0 Å². The standard InChI is InChI=1S/C19H26N2O5/c1-3-12(2)15(11-22)20-19(24)13-8-18(23)21(10-13)14-4-5-16-17(9-14)26-7-6-25-16/h4-5,9,12-13,15,22H,3,6-8,10-11H2,1-2H3,(H,20,24)/t12-,13-,15+/m0/s1. The van der Waals surface area contributed by atoms with Crippen LogP contribution in [0.15, 0.2) is 18.2 Å². The van der Waals surface area contributed by atoms with E-state index in [1.165, 1.54) is 0 Å². The minimum Gasteiger partial charge on any atom is -0.486 e. The Kier molecular flexibility index (Phi) is 5.66. The maximum atomic E-state index is 12.5. The van der Waals surface area contributed by atoms with Gasteiger partial charge in [-0.15, -0.1) is 0 Å². The van der Waals surface area contributed by atoms with Crippen molar-refractivity contribution in [2.75, 3.05) is 31.3 Å². The summed E-state index contributed by atoms with van der Waals surface area (Å²) in [5.41, 5.74) is 0.704. The lowest BCUT2D eigenvalue weighted by Crippen LogP contribution is -2.45. The molecule has 142 valence electrons. The van der Waals surface area contributed by atoms with Crippen LogP contribution in [0.1, 0.15) is 26.7 Å². The Morgan fingerprint density at radius 1 is 1.35 bits per heavy atom. The lowest BCUT2D eigenvalue weighted by Gasteiger charge is -2.24. The number of fused-ring (bicyclic) bond motifs is 1. The Morgan fingerprint density at radius 3 is 2.77 bits per heavy atom. The molecule has 0 aliphatic carbocycles. The van der Waals surface area contributed by atoms with Gasteiger partial charge in [0.2, 0.25) is 11.8 Å². The van der Waals surface area contributed by atoms with Crippen LogP contribution in [0.4, 0.5) is 5.69 Å². The second-order valence-corrected chi connectivity index (χ2v) is 6.92. The minimum absolute atomic E-state index is 0.0917. The first kappa shape index (κ1) is 18.5. The van der Waals surface area contributed by atoms with Crippen molar-refractivity contribution in [3.63, 3.8) is 0 Å². The topological polar surface area (TPSA) is 88.1 Å². The van der Waals surface area contributed by atoms with Crippen molar-refractivity contribution >= 4 is 17.5 Å². The van der Waals surface area contributed by atoms with Gasteiger partial charge in [-0.1, -0.05) is 20.3 Å². The molecule has 0 spiro atoms. The van der Waals surface area contributed by atoms with Crippen molar-refractivity contribution in [1.29, 1.82) is 0 Å². The van der Waals surface area contributed by atoms with Crippen molar-refractivity contribution in [2.24, 2.45) is 11.8 Å². The number of amides is 2. The molecule has 0 radical (unpaired) electrons. The van der Waals surface area contributed by atoms with Gasteiger partial charge in [0.15, 0.2) is 11.5 Å². The number of benzene rings is 1. The third-order valence-corrected chi connectivity index (χ3v) is 5.19. The second kappa shape index (κ2) is 7.95. The highest BCUT2D eigenvalue weighted by Crippen LogP contribution is 2.36. The van der Waals surface area contributed by atoms with E-state index >= 15 is 0 Å². The molecule has 0 aromatic heterocycles. The Morgan fingerprint density at radius 2 is 2.08 bits per heavy atom. The number of aliphatic hydroxyl groups excluding tert-OH is 1. The summed E-state index contributed by atoms with van der Waals surface area (Å²) >= 11 is 0. The van der Waals surface area contributed by atoms with E-state index in [9.17, 15) is 14.7 Å². The first-order chi connectivity index (χ1) is 12.5. The minimum atomic E-state index is -0.422. The molecular weight excluding hydrogens is 336 g/mol. The van der Waals surface area contributed by atoms with Crippen molar-refractivity contribution < 1.29 is 24.2 Å². The molecule has 1 aromatic rings. The molecule has 1 aromatic carbocycles. The van der Waals surface area contributed by atoms with Crippen LogP contribution in [0.3, 0.4) is 0 Å². The van der Waals surface area contributed by atoms with E-state index < -0.39 is 5.92 Å². The zero-order chi connectivity index (χ0) is 18.7. The van der Waals surface area contributed by atoms with Gasteiger partial charge < -0.3 is 24.8 Å². The van der Waals surface area contributed by atoms with Crippen LogP contribution in [0.5, 0.6) is 11.5 Å². The SMILES string of the molecule is CC[C@H](C)[C@@H](CO)NC(=O)[C@H]1CC(=O)N(c2ccc3c(c2)OCCO3)C1. The zero-order valence-electron chi connectivity index (χ0n) is 15.2. The number of carbonyl (C=O) groups is 2. The molecule has 26 heavy (non-hydrogen) atoms. The lowest BCUT2D eigenvalue weighted by atomic mass is 9.98. The van der Waals surface area contributed by atoms with Gasteiger partial charge in [-0.2, -0.15) is 0 Å². The fraction of sp³-hybridized carbons (Fsp3) is 0.579. The normalized spacial score (nSPS) is 21.4. The number of carbonyl (C=O) groups excluding carboxylic acids is 2. The van der Waals surface area contributed by atoms with E-state index in [1.54, 1.807) is 23.1 Å². The van der Waals surface area contributed by atoms with E-state index in [1.807, 2.05) is 13.8 Å². The van der Waals surface area contributed by atoms with E-state index in [0.717, 1.165) is 6.42 Å². The van der Waals surface area contributed by atoms with Gasteiger partial charge in [0.05, 0.1) is 18.6 Å². The second-order valence-electron chi connectivity index (χ2n) is 6.92. The van der Waals surface area contributed by atoms with Crippen LogP contribution < -0.4 is 19.7 Å². The predicted octanol–water partition coefficient (Wildman–Crippen LogP) is 1.33. The molecule has 0 saturated carbocycles. The van der Waals surface area contributed by atoms with E-state index in [2.05, 4.69) is 5.32 Å². The lowest BCUT2D eigenvalue weighted by molar-refractivity contribution is -0.127. The Balaban J connectivity index is 1.67. The molecule has 2 aliphatic rings. The number of rotatable bonds is 6. The maximum Gasteiger partial charge on any atom is 0.227 e. The number of ether oxygens (including phenoxy) is 2. The van der Waals surface area contributed by atoms with E-state index in [-0.39, 0.29) is 36.8 Å². The van der Waals surface area contributed by atoms with Gasteiger partial charge in [0, 0.05) is 24.7 Å². The highest BCUT2D eigenvalue weighted by molar-refractivity contribution is 6.00. The number of nitrogens with one attached hydrogen (secondary N) is 1. The molecule has 2 heterocycles. The number of anilines is 1. The number of nitrogens with zero attached hydrogens (tertiary/aromatic N) is 1. The smallest absolute Gasteiger partial charge is 0.227 e. The Labute approximate surface area is 153 Å². The third kappa shape index (κ3) is 3.77. The summed E-state index contributed by atoms with van der Waals surface area (Å²) in [7, 11) is 0. The van der Waals surface area contributed by atoms with Crippen molar-refractivity contribution in [3.05, 3.63) is 18.2 Å². The van der Waals surface area contributed by atoms with Gasteiger partial charge in [-0.25, -0.2) is 0 Å². The summed E-state index contributed by atoms with van der Waals surface area (Å²) in [6, 6.07) is 5.09. The highest BCUT2D eigenvalue weighted by atomic mass is 16.6. The van der Waals surface area contributed by atoms with Crippen LogP contribution >= 0.6 is 0 Å². The molecule has 2 N–H and O–H groups in total. The van der Waals surface area contributed by atoms with E-state index in [0.29, 0.717) is 36.9 Å².